The van der Waals surface area contributed by atoms with E-state index < -0.39 is 13.9 Å². The number of carbonyl (C=O) groups excluding carboxylic acids is 1. The molecular formula is C23H46N2O3Si. The molecule has 2 aliphatic rings. The molecule has 0 N–H and O–H groups in total. The van der Waals surface area contributed by atoms with Crippen molar-refractivity contribution in [2.75, 3.05) is 39.3 Å². The van der Waals surface area contributed by atoms with Crippen LogP contribution in [-0.2, 0) is 9.16 Å². The highest BCUT2D eigenvalue weighted by Gasteiger charge is 2.37. The van der Waals surface area contributed by atoms with Crippen molar-refractivity contribution < 1.29 is 14.0 Å². The number of carbonyl (C=O) groups is 1. The summed E-state index contributed by atoms with van der Waals surface area (Å²) in [6.07, 6.45) is 4.69. The van der Waals surface area contributed by atoms with Crippen LogP contribution in [0.15, 0.2) is 0 Å². The number of nitrogens with zero attached hydrogens (tertiary/aromatic N) is 2. The van der Waals surface area contributed by atoms with Gasteiger partial charge in [-0.05, 0) is 83.0 Å². The normalized spacial score (nSPS) is 23.3. The fourth-order valence-electron chi connectivity index (χ4n) is 4.21. The van der Waals surface area contributed by atoms with Crippen molar-refractivity contribution in [1.29, 1.82) is 0 Å². The molecule has 0 saturated carbocycles. The monoisotopic (exact) mass is 426 g/mol. The van der Waals surface area contributed by atoms with E-state index >= 15 is 0 Å². The lowest BCUT2D eigenvalue weighted by Crippen LogP contribution is -2.47. The molecule has 1 atom stereocenters. The number of piperidine rings is 2. The molecule has 2 saturated heterocycles. The second-order valence-electron chi connectivity index (χ2n) is 11.6. The van der Waals surface area contributed by atoms with Crippen molar-refractivity contribution in [3.63, 3.8) is 0 Å². The maximum absolute atomic E-state index is 12.3. The summed E-state index contributed by atoms with van der Waals surface area (Å²) in [5, 5.41) is 0.277. The van der Waals surface area contributed by atoms with Crippen molar-refractivity contribution in [2.45, 2.75) is 91.0 Å². The van der Waals surface area contributed by atoms with Gasteiger partial charge in [-0.15, -0.1) is 0 Å². The summed E-state index contributed by atoms with van der Waals surface area (Å²) in [5.41, 5.74) is -0.412. The lowest BCUT2D eigenvalue weighted by atomic mass is 9.80. The van der Waals surface area contributed by atoms with E-state index in [9.17, 15) is 4.79 Å². The Morgan fingerprint density at radius 2 is 1.59 bits per heavy atom. The standard InChI is InChI=1S/C23H46N2O3Si/c1-22(2,3)28-21(26)25-14-11-19(12-15-25)20-10-9-13-24(18-20)16-17-27-29(7,8)23(4,5)6/h19-20H,9-18H2,1-8H3/t20-/m0/s1. The summed E-state index contributed by atoms with van der Waals surface area (Å²) in [7, 11) is -1.65. The first kappa shape index (κ1) is 24.7. The Bertz CT molecular complexity index is 531. The predicted molar refractivity (Wildman–Crippen MR) is 123 cm³/mol. The number of likely N-dealkylation sites (tertiary alicyclic amines) is 2. The van der Waals surface area contributed by atoms with E-state index in [4.69, 9.17) is 9.16 Å². The van der Waals surface area contributed by atoms with Gasteiger partial charge in [-0.1, -0.05) is 20.8 Å². The van der Waals surface area contributed by atoms with Gasteiger partial charge in [-0.3, -0.25) is 0 Å². The molecule has 0 unspecified atom stereocenters. The molecule has 29 heavy (non-hydrogen) atoms. The minimum atomic E-state index is -1.65. The number of rotatable bonds is 5. The predicted octanol–water partition coefficient (Wildman–Crippen LogP) is 5.37. The van der Waals surface area contributed by atoms with E-state index in [2.05, 4.69) is 38.8 Å². The number of amides is 1. The minimum absolute atomic E-state index is 0.149. The zero-order chi connectivity index (χ0) is 21.9. The van der Waals surface area contributed by atoms with Crippen LogP contribution in [0.25, 0.3) is 0 Å². The largest absolute Gasteiger partial charge is 0.444 e. The number of hydrogen-bond acceptors (Lipinski definition) is 4. The molecule has 0 aromatic rings. The van der Waals surface area contributed by atoms with Crippen LogP contribution in [0.5, 0.6) is 0 Å². The van der Waals surface area contributed by atoms with E-state index in [1.165, 1.54) is 25.9 Å². The third-order valence-electron chi connectivity index (χ3n) is 7.08. The highest BCUT2D eigenvalue weighted by atomic mass is 28.4. The minimum Gasteiger partial charge on any atom is -0.444 e. The topological polar surface area (TPSA) is 42.0 Å². The van der Waals surface area contributed by atoms with Crippen molar-refractivity contribution in [2.24, 2.45) is 11.8 Å². The Balaban J connectivity index is 1.75. The number of ether oxygens (including phenoxy) is 1. The molecule has 2 fully saturated rings. The molecule has 0 bridgehead atoms. The molecule has 1 amide bonds. The molecule has 0 radical (unpaired) electrons. The molecule has 2 aliphatic heterocycles. The van der Waals surface area contributed by atoms with E-state index in [1.54, 1.807) is 0 Å². The summed E-state index contributed by atoms with van der Waals surface area (Å²) in [6.45, 7) is 23.4. The average molecular weight is 427 g/mol. The molecule has 0 aliphatic carbocycles. The molecule has 0 aromatic heterocycles. The van der Waals surface area contributed by atoms with Crippen LogP contribution in [0.2, 0.25) is 18.1 Å². The molecule has 5 nitrogen and oxygen atoms in total. The maximum Gasteiger partial charge on any atom is 0.410 e. The smallest absolute Gasteiger partial charge is 0.410 e. The van der Waals surface area contributed by atoms with Crippen molar-refractivity contribution in [3.05, 3.63) is 0 Å². The summed E-state index contributed by atoms with van der Waals surface area (Å²) in [4.78, 5) is 16.8. The van der Waals surface area contributed by atoms with Crippen LogP contribution in [0.1, 0.15) is 67.2 Å². The quantitative estimate of drug-likeness (QED) is 0.554. The molecule has 170 valence electrons. The fourth-order valence-corrected chi connectivity index (χ4v) is 5.24. The first-order valence-corrected chi connectivity index (χ1v) is 14.5. The molecular weight excluding hydrogens is 380 g/mol. The van der Waals surface area contributed by atoms with Gasteiger partial charge in [0.15, 0.2) is 8.32 Å². The van der Waals surface area contributed by atoms with Gasteiger partial charge in [-0.25, -0.2) is 4.79 Å². The van der Waals surface area contributed by atoms with E-state index in [0.717, 1.165) is 50.9 Å². The highest BCUT2D eigenvalue weighted by Crippen LogP contribution is 2.36. The van der Waals surface area contributed by atoms with Gasteiger partial charge in [0.05, 0.1) is 0 Å². The Labute approximate surface area is 180 Å². The van der Waals surface area contributed by atoms with Crippen LogP contribution < -0.4 is 0 Å². The van der Waals surface area contributed by atoms with Gasteiger partial charge < -0.3 is 19.0 Å². The molecule has 0 aromatic carbocycles. The molecule has 0 spiro atoms. The van der Waals surface area contributed by atoms with Gasteiger partial charge in [0, 0.05) is 32.8 Å². The van der Waals surface area contributed by atoms with Crippen LogP contribution in [-0.4, -0.2) is 69.1 Å². The maximum atomic E-state index is 12.3. The Hall–Kier alpha value is -0.593. The summed E-state index contributed by atoms with van der Waals surface area (Å²) < 4.78 is 11.9. The summed E-state index contributed by atoms with van der Waals surface area (Å²) >= 11 is 0. The molecule has 2 rings (SSSR count). The number of hydrogen-bond donors (Lipinski definition) is 0. The Kier molecular flexibility index (Phi) is 8.25. The second kappa shape index (κ2) is 9.69. The zero-order valence-corrected chi connectivity index (χ0v) is 21.3. The fraction of sp³-hybridized carbons (Fsp3) is 0.957. The van der Waals surface area contributed by atoms with E-state index in [1.807, 2.05) is 25.7 Å². The first-order valence-electron chi connectivity index (χ1n) is 11.6. The lowest BCUT2D eigenvalue weighted by Gasteiger charge is -2.41. The van der Waals surface area contributed by atoms with Crippen molar-refractivity contribution >= 4 is 14.4 Å². The lowest BCUT2D eigenvalue weighted by molar-refractivity contribution is 0.0125. The Morgan fingerprint density at radius 1 is 0.966 bits per heavy atom. The van der Waals surface area contributed by atoms with Crippen LogP contribution in [0, 0.1) is 11.8 Å². The summed E-state index contributed by atoms with van der Waals surface area (Å²) in [6, 6.07) is 0. The van der Waals surface area contributed by atoms with Gasteiger partial charge >= 0.3 is 6.09 Å². The van der Waals surface area contributed by atoms with Gasteiger partial charge in [-0.2, -0.15) is 0 Å². The van der Waals surface area contributed by atoms with E-state index in [-0.39, 0.29) is 11.1 Å². The Morgan fingerprint density at radius 3 is 2.14 bits per heavy atom. The van der Waals surface area contributed by atoms with Gasteiger partial charge in [0.2, 0.25) is 0 Å². The molecule has 2 heterocycles. The van der Waals surface area contributed by atoms with Crippen LogP contribution in [0.4, 0.5) is 4.79 Å². The second-order valence-corrected chi connectivity index (χ2v) is 16.4. The van der Waals surface area contributed by atoms with E-state index in [0.29, 0.717) is 0 Å². The van der Waals surface area contributed by atoms with Gasteiger partial charge in [0.1, 0.15) is 5.60 Å². The SMILES string of the molecule is CC(C)(C)OC(=O)N1CCC([C@H]2CCCN(CCO[Si](C)(C)C(C)(C)C)C2)CC1. The zero-order valence-electron chi connectivity index (χ0n) is 20.3. The highest BCUT2D eigenvalue weighted by molar-refractivity contribution is 6.74. The van der Waals surface area contributed by atoms with Crippen LogP contribution in [0.3, 0.4) is 0 Å². The third kappa shape index (κ3) is 7.55. The van der Waals surface area contributed by atoms with Crippen LogP contribution >= 0.6 is 0 Å². The van der Waals surface area contributed by atoms with Gasteiger partial charge in [0.25, 0.3) is 0 Å². The molecule has 6 heteroatoms. The van der Waals surface area contributed by atoms with Crippen molar-refractivity contribution in [3.8, 4) is 0 Å². The summed E-state index contributed by atoms with van der Waals surface area (Å²) in [5.74, 6) is 1.50. The van der Waals surface area contributed by atoms with Crippen molar-refractivity contribution in [1.82, 2.24) is 9.80 Å². The third-order valence-corrected chi connectivity index (χ3v) is 11.6. The average Bonchev–Trinajstić information content (AvgIpc) is 2.59. The first-order chi connectivity index (χ1) is 13.3.